The Hall–Kier alpha value is -3.26. The van der Waals surface area contributed by atoms with E-state index in [9.17, 15) is 24.8 Å². The van der Waals surface area contributed by atoms with Gasteiger partial charge in [0.2, 0.25) is 0 Å². The Bertz CT molecular complexity index is 930. The summed E-state index contributed by atoms with van der Waals surface area (Å²) in [4.78, 5) is 35.1. The molecular formula is C22H24N2O6. The number of nitro benzene ring substituents is 1. The number of Topliss-reactive ketones (excluding diaryl/α,β-unsaturated/α-hetero) is 1. The molecule has 0 aromatic heterocycles. The summed E-state index contributed by atoms with van der Waals surface area (Å²) < 4.78 is 5.36. The second-order valence-electron chi connectivity index (χ2n) is 7.35. The number of aliphatic hydroxyl groups excluding tert-OH is 1. The van der Waals surface area contributed by atoms with Crippen molar-refractivity contribution in [1.29, 1.82) is 0 Å². The molecule has 2 aromatic rings. The number of ketones is 1. The van der Waals surface area contributed by atoms with Gasteiger partial charge in [0.25, 0.3) is 5.69 Å². The summed E-state index contributed by atoms with van der Waals surface area (Å²) in [5, 5.41) is 25.1. The van der Waals surface area contributed by atoms with Crippen LogP contribution in [0.5, 0.6) is 0 Å². The minimum atomic E-state index is -1.41. The molecule has 0 heterocycles. The number of ether oxygens (including phenoxy) is 1. The van der Waals surface area contributed by atoms with E-state index >= 15 is 0 Å². The number of nitrogens with zero attached hydrogens (tertiary/aromatic N) is 1. The van der Waals surface area contributed by atoms with Gasteiger partial charge in [0.05, 0.1) is 11.0 Å². The van der Waals surface area contributed by atoms with Gasteiger partial charge in [-0.15, -0.1) is 0 Å². The van der Waals surface area contributed by atoms with Gasteiger partial charge in [-0.1, -0.05) is 36.8 Å². The van der Waals surface area contributed by atoms with Crippen LogP contribution in [-0.2, 0) is 9.53 Å². The predicted octanol–water partition coefficient (Wildman–Crippen LogP) is 3.80. The van der Waals surface area contributed by atoms with Crippen LogP contribution in [0.4, 0.5) is 11.4 Å². The number of hydrogen-bond donors (Lipinski definition) is 2. The minimum absolute atomic E-state index is 0.0452. The number of esters is 1. The molecular weight excluding hydrogens is 388 g/mol. The molecule has 0 bridgehead atoms. The van der Waals surface area contributed by atoms with E-state index in [0.717, 1.165) is 12.8 Å². The van der Waals surface area contributed by atoms with E-state index < -0.39 is 16.8 Å². The molecule has 0 aliphatic heterocycles. The molecule has 30 heavy (non-hydrogen) atoms. The Balaban J connectivity index is 1.84. The first kappa shape index (κ1) is 21.4. The number of carbonyl (C=O) groups excluding carboxylic acids is 2. The van der Waals surface area contributed by atoms with Crippen LogP contribution in [0.15, 0.2) is 48.5 Å². The number of nitro groups is 1. The number of rotatable bonds is 7. The molecule has 2 aromatic carbocycles. The molecule has 3 atom stereocenters. The lowest BCUT2D eigenvalue weighted by Crippen LogP contribution is -2.39. The van der Waals surface area contributed by atoms with Crippen molar-refractivity contribution in [2.24, 2.45) is 0 Å². The van der Waals surface area contributed by atoms with E-state index in [1.807, 2.05) is 0 Å². The highest BCUT2D eigenvalue weighted by Crippen LogP contribution is 2.32. The van der Waals surface area contributed by atoms with Crippen LogP contribution in [-0.4, -0.2) is 33.9 Å². The lowest BCUT2D eigenvalue weighted by Gasteiger charge is -2.32. The fraction of sp³-hybridized carbons (Fsp3) is 0.364. The van der Waals surface area contributed by atoms with Crippen LogP contribution >= 0.6 is 0 Å². The molecule has 3 rings (SSSR count). The van der Waals surface area contributed by atoms with Crippen LogP contribution in [0.1, 0.15) is 54.6 Å². The molecule has 1 aliphatic carbocycles. The van der Waals surface area contributed by atoms with Crippen molar-refractivity contribution in [3.63, 3.8) is 0 Å². The fourth-order valence-corrected chi connectivity index (χ4v) is 3.72. The topological polar surface area (TPSA) is 119 Å². The normalized spacial score (nSPS) is 19.5. The van der Waals surface area contributed by atoms with Crippen molar-refractivity contribution in [2.75, 3.05) is 5.32 Å². The largest absolute Gasteiger partial charge is 0.460 e. The second-order valence-corrected chi connectivity index (χ2v) is 7.35. The van der Waals surface area contributed by atoms with Gasteiger partial charge < -0.3 is 15.2 Å². The van der Waals surface area contributed by atoms with Crippen molar-refractivity contribution in [3.05, 3.63) is 69.8 Å². The maximum absolute atomic E-state index is 12.6. The highest BCUT2D eigenvalue weighted by atomic mass is 16.6. The molecule has 0 radical (unpaired) electrons. The average molecular weight is 412 g/mol. The van der Waals surface area contributed by atoms with Crippen LogP contribution in [0, 0.1) is 10.1 Å². The van der Waals surface area contributed by atoms with E-state index in [-0.39, 0.29) is 35.1 Å². The summed E-state index contributed by atoms with van der Waals surface area (Å²) in [6, 6.07) is 12.2. The second kappa shape index (κ2) is 9.49. The van der Waals surface area contributed by atoms with E-state index in [1.54, 1.807) is 30.3 Å². The smallest absolute Gasteiger partial charge is 0.302 e. The SMILES string of the molecule is CC(=O)OC1CCCCC1Nc1ccc(C(=O)C(O)c2ccccc2)cc1[N+](=O)[O-]. The fourth-order valence-electron chi connectivity index (χ4n) is 3.72. The summed E-state index contributed by atoms with van der Waals surface area (Å²) >= 11 is 0. The van der Waals surface area contributed by atoms with Gasteiger partial charge in [0.15, 0.2) is 5.78 Å². The summed E-state index contributed by atoms with van der Waals surface area (Å²) in [6.07, 6.45) is 1.47. The molecule has 1 fully saturated rings. The molecule has 8 heteroatoms. The number of nitrogens with one attached hydrogen (secondary N) is 1. The van der Waals surface area contributed by atoms with Gasteiger partial charge in [0, 0.05) is 18.6 Å². The monoisotopic (exact) mass is 412 g/mol. The van der Waals surface area contributed by atoms with E-state index in [1.165, 1.54) is 25.1 Å². The number of hydrogen-bond acceptors (Lipinski definition) is 7. The Labute approximate surface area is 174 Å². The van der Waals surface area contributed by atoms with Gasteiger partial charge in [-0.25, -0.2) is 0 Å². The van der Waals surface area contributed by atoms with Crippen molar-refractivity contribution in [2.45, 2.75) is 50.9 Å². The minimum Gasteiger partial charge on any atom is -0.460 e. The maximum atomic E-state index is 12.6. The van der Waals surface area contributed by atoms with Gasteiger partial charge in [0.1, 0.15) is 17.9 Å². The average Bonchev–Trinajstić information content (AvgIpc) is 2.74. The third-order valence-corrected chi connectivity index (χ3v) is 5.20. The van der Waals surface area contributed by atoms with Gasteiger partial charge in [-0.3, -0.25) is 19.7 Å². The third-order valence-electron chi connectivity index (χ3n) is 5.20. The molecule has 0 saturated heterocycles. The van der Waals surface area contributed by atoms with Crippen molar-refractivity contribution < 1.29 is 24.4 Å². The summed E-state index contributed by atoms with van der Waals surface area (Å²) in [5.74, 6) is -1.01. The Kier molecular flexibility index (Phi) is 6.79. The number of anilines is 1. The van der Waals surface area contributed by atoms with Crippen molar-refractivity contribution in [1.82, 2.24) is 0 Å². The first-order valence-corrected chi connectivity index (χ1v) is 9.86. The standard InChI is InChI=1S/C22H24N2O6/c1-14(25)30-20-10-6-5-9-18(20)23-17-12-11-16(13-19(17)24(28)29)22(27)21(26)15-7-3-2-4-8-15/h2-4,7-8,11-13,18,20-21,23,26H,5-6,9-10H2,1H3. The number of carbonyl (C=O) groups is 2. The predicted molar refractivity (Wildman–Crippen MR) is 110 cm³/mol. The zero-order chi connectivity index (χ0) is 21.7. The number of aliphatic hydroxyl groups is 1. The van der Waals surface area contributed by atoms with Crippen molar-refractivity contribution >= 4 is 23.1 Å². The molecule has 1 saturated carbocycles. The quantitative estimate of drug-likeness (QED) is 0.307. The summed E-state index contributed by atoms with van der Waals surface area (Å²) in [5.41, 5.74) is 0.436. The molecule has 0 spiro atoms. The summed E-state index contributed by atoms with van der Waals surface area (Å²) in [7, 11) is 0. The van der Waals surface area contributed by atoms with Crippen LogP contribution < -0.4 is 5.32 Å². The molecule has 1 aliphatic rings. The lowest BCUT2D eigenvalue weighted by atomic mass is 9.92. The summed E-state index contributed by atoms with van der Waals surface area (Å²) in [6.45, 7) is 1.34. The van der Waals surface area contributed by atoms with E-state index in [0.29, 0.717) is 18.4 Å². The number of benzene rings is 2. The van der Waals surface area contributed by atoms with Gasteiger partial charge in [-0.2, -0.15) is 0 Å². The third kappa shape index (κ3) is 5.01. The molecule has 158 valence electrons. The first-order valence-electron chi connectivity index (χ1n) is 9.86. The zero-order valence-corrected chi connectivity index (χ0v) is 16.6. The molecule has 8 nitrogen and oxygen atoms in total. The van der Waals surface area contributed by atoms with Crippen LogP contribution in [0.2, 0.25) is 0 Å². The molecule has 2 N–H and O–H groups in total. The van der Waals surface area contributed by atoms with Crippen LogP contribution in [0.25, 0.3) is 0 Å². The highest BCUT2D eigenvalue weighted by Gasteiger charge is 2.30. The van der Waals surface area contributed by atoms with E-state index in [4.69, 9.17) is 4.74 Å². The van der Waals surface area contributed by atoms with Crippen molar-refractivity contribution in [3.8, 4) is 0 Å². The first-order chi connectivity index (χ1) is 14.4. The Morgan fingerprint density at radius 2 is 1.87 bits per heavy atom. The van der Waals surface area contributed by atoms with Gasteiger partial charge in [-0.05, 0) is 37.0 Å². The highest BCUT2D eigenvalue weighted by molar-refractivity contribution is 6.01. The zero-order valence-electron chi connectivity index (χ0n) is 16.6. The molecule has 3 unspecified atom stereocenters. The Morgan fingerprint density at radius 1 is 1.17 bits per heavy atom. The van der Waals surface area contributed by atoms with Gasteiger partial charge >= 0.3 is 5.97 Å². The molecule has 0 amide bonds. The lowest BCUT2D eigenvalue weighted by molar-refractivity contribution is -0.384. The van der Waals surface area contributed by atoms with E-state index in [2.05, 4.69) is 5.32 Å². The van der Waals surface area contributed by atoms with Crippen LogP contribution in [0.3, 0.4) is 0 Å². The maximum Gasteiger partial charge on any atom is 0.302 e. The Morgan fingerprint density at radius 3 is 2.53 bits per heavy atom.